The number of anilines is 1. The molecule has 2 heterocycles. The molecule has 7 nitrogen and oxygen atoms in total. The molecular formula is C17H21ClN4O3. The lowest BCUT2D eigenvalue weighted by Crippen LogP contribution is -2.45. The van der Waals surface area contributed by atoms with E-state index in [0.717, 1.165) is 24.9 Å². The second kappa shape index (κ2) is 6.65. The van der Waals surface area contributed by atoms with Gasteiger partial charge in [-0.3, -0.25) is 4.79 Å². The van der Waals surface area contributed by atoms with Crippen LogP contribution in [0.5, 0.6) is 5.75 Å². The average molecular weight is 365 g/mol. The second-order valence-electron chi connectivity index (χ2n) is 6.49. The van der Waals surface area contributed by atoms with Crippen molar-refractivity contribution < 1.29 is 14.1 Å². The smallest absolute Gasteiger partial charge is 0.267 e. The van der Waals surface area contributed by atoms with Crippen LogP contribution in [-0.2, 0) is 16.8 Å². The first-order valence-electron chi connectivity index (χ1n) is 8.26. The van der Waals surface area contributed by atoms with Crippen LogP contribution >= 0.6 is 12.4 Å². The normalized spacial score (nSPS) is 21.0. The summed E-state index contributed by atoms with van der Waals surface area (Å²) in [6.07, 6.45) is 2.85. The van der Waals surface area contributed by atoms with Gasteiger partial charge in [0.25, 0.3) is 5.91 Å². The van der Waals surface area contributed by atoms with Crippen molar-refractivity contribution in [2.24, 2.45) is 5.73 Å². The van der Waals surface area contributed by atoms with Gasteiger partial charge >= 0.3 is 0 Å². The molecule has 1 unspecified atom stereocenters. The molecule has 2 aliphatic rings. The van der Waals surface area contributed by atoms with Crippen LogP contribution < -0.4 is 15.4 Å². The van der Waals surface area contributed by atoms with Gasteiger partial charge < -0.3 is 19.9 Å². The summed E-state index contributed by atoms with van der Waals surface area (Å²) in [7, 11) is 0. The Labute approximate surface area is 151 Å². The molecule has 1 aromatic carbocycles. The topological polar surface area (TPSA) is 94.5 Å². The number of amides is 1. The molecule has 1 aliphatic carbocycles. The first kappa shape index (κ1) is 17.7. The van der Waals surface area contributed by atoms with Gasteiger partial charge in [-0.05, 0) is 38.3 Å². The number of carbonyl (C=O) groups excluding carboxylic acids is 1. The number of hydrogen-bond acceptors (Lipinski definition) is 6. The SMILES string of the molecule is CC1Oc2ccccc2N(CCc2nc(C3(N)CCC3)no2)C1=O.Cl. The molecule has 4 rings (SSSR count). The Kier molecular flexibility index (Phi) is 4.71. The Bertz CT molecular complexity index is 775. The first-order valence-corrected chi connectivity index (χ1v) is 8.26. The van der Waals surface area contributed by atoms with Gasteiger partial charge in [-0.15, -0.1) is 12.4 Å². The van der Waals surface area contributed by atoms with E-state index in [9.17, 15) is 4.79 Å². The molecule has 0 saturated heterocycles. The van der Waals surface area contributed by atoms with Crippen molar-refractivity contribution in [2.45, 2.75) is 44.2 Å². The van der Waals surface area contributed by atoms with E-state index in [1.165, 1.54) is 0 Å². The minimum absolute atomic E-state index is 0. The molecule has 8 heteroatoms. The average Bonchev–Trinajstić information content (AvgIpc) is 3.02. The van der Waals surface area contributed by atoms with E-state index in [0.29, 0.717) is 30.4 Å². The standard InChI is InChI=1S/C17H20N4O3.ClH/c1-11-15(22)21(12-5-2-3-6-13(12)23-11)10-7-14-19-16(20-24-14)17(18)8-4-9-17;/h2-3,5-6,11H,4,7-10,18H2,1H3;1H. The van der Waals surface area contributed by atoms with E-state index in [-0.39, 0.29) is 18.3 Å². The Morgan fingerprint density at radius 2 is 2.12 bits per heavy atom. The minimum Gasteiger partial charge on any atom is -0.479 e. The summed E-state index contributed by atoms with van der Waals surface area (Å²) in [6, 6.07) is 7.52. The maximum atomic E-state index is 12.4. The van der Waals surface area contributed by atoms with Crippen LogP contribution in [0.4, 0.5) is 5.69 Å². The number of halogens is 1. The molecule has 0 spiro atoms. The highest BCUT2D eigenvalue weighted by Gasteiger charge is 2.39. The van der Waals surface area contributed by atoms with Crippen molar-refractivity contribution in [2.75, 3.05) is 11.4 Å². The molecule has 1 saturated carbocycles. The van der Waals surface area contributed by atoms with Gasteiger partial charge in [0.15, 0.2) is 11.9 Å². The summed E-state index contributed by atoms with van der Waals surface area (Å²) in [5.74, 6) is 1.73. The van der Waals surface area contributed by atoms with E-state index >= 15 is 0 Å². The molecule has 1 aliphatic heterocycles. The summed E-state index contributed by atoms with van der Waals surface area (Å²) in [6.45, 7) is 2.22. The van der Waals surface area contributed by atoms with Crippen LogP contribution in [0.1, 0.15) is 37.9 Å². The number of benzene rings is 1. The minimum atomic E-state index is -0.500. The van der Waals surface area contributed by atoms with Gasteiger partial charge in [0.1, 0.15) is 5.75 Å². The zero-order valence-electron chi connectivity index (χ0n) is 14.0. The third kappa shape index (κ3) is 3.09. The highest BCUT2D eigenvalue weighted by Crippen LogP contribution is 2.37. The maximum absolute atomic E-state index is 12.4. The van der Waals surface area contributed by atoms with E-state index in [1.807, 2.05) is 24.3 Å². The predicted molar refractivity (Wildman–Crippen MR) is 93.9 cm³/mol. The second-order valence-corrected chi connectivity index (χ2v) is 6.49. The number of hydrogen-bond donors (Lipinski definition) is 1. The third-order valence-electron chi connectivity index (χ3n) is 4.78. The first-order chi connectivity index (χ1) is 11.6. The van der Waals surface area contributed by atoms with Gasteiger partial charge in [-0.25, -0.2) is 0 Å². The number of carbonyl (C=O) groups is 1. The molecule has 134 valence electrons. The summed E-state index contributed by atoms with van der Waals surface area (Å²) < 4.78 is 11.0. The summed E-state index contributed by atoms with van der Waals surface area (Å²) >= 11 is 0. The Balaban J connectivity index is 0.00000182. The van der Waals surface area contributed by atoms with E-state index in [4.69, 9.17) is 15.0 Å². The van der Waals surface area contributed by atoms with Gasteiger partial charge in [-0.1, -0.05) is 17.3 Å². The fourth-order valence-corrected chi connectivity index (χ4v) is 3.14. The highest BCUT2D eigenvalue weighted by atomic mass is 35.5. The molecular weight excluding hydrogens is 344 g/mol. The van der Waals surface area contributed by atoms with Crippen LogP contribution in [0.15, 0.2) is 28.8 Å². The quantitative estimate of drug-likeness (QED) is 0.893. The van der Waals surface area contributed by atoms with Crippen molar-refractivity contribution in [3.05, 3.63) is 36.0 Å². The van der Waals surface area contributed by atoms with Crippen molar-refractivity contribution >= 4 is 24.0 Å². The van der Waals surface area contributed by atoms with Crippen LogP contribution in [0.2, 0.25) is 0 Å². The summed E-state index contributed by atoms with van der Waals surface area (Å²) in [4.78, 5) is 18.6. The van der Waals surface area contributed by atoms with Crippen LogP contribution in [-0.4, -0.2) is 28.7 Å². The number of aromatic nitrogens is 2. The van der Waals surface area contributed by atoms with Crippen molar-refractivity contribution in [3.63, 3.8) is 0 Å². The van der Waals surface area contributed by atoms with Crippen molar-refractivity contribution in [1.82, 2.24) is 10.1 Å². The van der Waals surface area contributed by atoms with E-state index in [2.05, 4.69) is 10.1 Å². The Morgan fingerprint density at radius 3 is 2.84 bits per heavy atom. The van der Waals surface area contributed by atoms with Crippen LogP contribution in [0.3, 0.4) is 0 Å². The molecule has 1 fully saturated rings. The predicted octanol–water partition coefficient (Wildman–Crippen LogP) is 2.19. The summed E-state index contributed by atoms with van der Waals surface area (Å²) in [5.41, 5.74) is 6.55. The van der Waals surface area contributed by atoms with Gasteiger partial charge in [0.05, 0.1) is 11.2 Å². The summed E-state index contributed by atoms with van der Waals surface area (Å²) in [5, 5.41) is 4.01. The van der Waals surface area contributed by atoms with Crippen molar-refractivity contribution in [3.8, 4) is 5.75 Å². The molecule has 1 atom stereocenters. The monoisotopic (exact) mass is 364 g/mol. The van der Waals surface area contributed by atoms with Gasteiger partial charge in [-0.2, -0.15) is 4.98 Å². The molecule has 1 amide bonds. The van der Waals surface area contributed by atoms with Gasteiger partial charge in [0.2, 0.25) is 5.89 Å². The fourth-order valence-electron chi connectivity index (χ4n) is 3.14. The number of para-hydroxylation sites is 2. The fraction of sp³-hybridized carbons (Fsp3) is 0.471. The Morgan fingerprint density at radius 1 is 1.36 bits per heavy atom. The lowest BCUT2D eigenvalue weighted by molar-refractivity contribution is -0.125. The van der Waals surface area contributed by atoms with Crippen LogP contribution in [0.25, 0.3) is 0 Å². The maximum Gasteiger partial charge on any atom is 0.267 e. The number of fused-ring (bicyclic) bond motifs is 1. The highest BCUT2D eigenvalue weighted by molar-refractivity contribution is 5.99. The lowest BCUT2D eigenvalue weighted by atomic mass is 9.77. The third-order valence-corrected chi connectivity index (χ3v) is 4.78. The van der Waals surface area contributed by atoms with E-state index < -0.39 is 11.6 Å². The molecule has 1 aromatic heterocycles. The lowest BCUT2D eigenvalue weighted by Gasteiger charge is -2.34. The number of nitrogens with zero attached hydrogens (tertiary/aromatic N) is 3. The largest absolute Gasteiger partial charge is 0.479 e. The number of nitrogens with two attached hydrogens (primary N) is 1. The molecule has 2 N–H and O–H groups in total. The van der Waals surface area contributed by atoms with Crippen LogP contribution in [0, 0.1) is 0 Å². The van der Waals surface area contributed by atoms with E-state index in [1.54, 1.807) is 11.8 Å². The van der Waals surface area contributed by atoms with Gasteiger partial charge in [0, 0.05) is 13.0 Å². The molecule has 0 bridgehead atoms. The van der Waals surface area contributed by atoms with Crippen molar-refractivity contribution in [1.29, 1.82) is 0 Å². The Hall–Kier alpha value is -2.12. The molecule has 0 radical (unpaired) electrons. The zero-order valence-corrected chi connectivity index (χ0v) is 14.8. The molecule has 25 heavy (non-hydrogen) atoms. The number of ether oxygens (including phenoxy) is 1. The number of rotatable bonds is 4. The zero-order chi connectivity index (χ0) is 16.7. The molecule has 2 aromatic rings.